The highest BCUT2D eigenvalue weighted by Crippen LogP contribution is 2.34. The Bertz CT molecular complexity index is 581. The van der Waals surface area contributed by atoms with Crippen molar-refractivity contribution in [2.45, 2.75) is 25.6 Å². The van der Waals surface area contributed by atoms with Gasteiger partial charge >= 0.3 is 6.18 Å². The Morgan fingerprint density at radius 3 is 2.67 bits per heavy atom. The molecule has 0 saturated carbocycles. The molecule has 0 fully saturated rings. The highest BCUT2D eigenvalue weighted by molar-refractivity contribution is 7.09. The van der Waals surface area contributed by atoms with Crippen molar-refractivity contribution in [2.24, 2.45) is 0 Å². The zero-order valence-corrected chi connectivity index (χ0v) is 12.1. The second kappa shape index (κ2) is 6.53. The molecule has 7 heteroatoms. The predicted octanol–water partition coefficient (Wildman–Crippen LogP) is 4.19. The summed E-state index contributed by atoms with van der Waals surface area (Å²) >= 11 is 1.39. The van der Waals surface area contributed by atoms with Crippen LogP contribution in [0.4, 0.5) is 17.6 Å². The van der Waals surface area contributed by atoms with Gasteiger partial charge in [-0.1, -0.05) is 19.1 Å². The van der Waals surface area contributed by atoms with E-state index >= 15 is 0 Å². The molecule has 2 rings (SSSR count). The van der Waals surface area contributed by atoms with Crippen LogP contribution in [-0.4, -0.2) is 11.5 Å². The van der Waals surface area contributed by atoms with E-state index in [1.165, 1.54) is 23.5 Å². The summed E-state index contributed by atoms with van der Waals surface area (Å²) in [6, 6.07) is 2.86. The molecule has 0 bridgehead atoms. The van der Waals surface area contributed by atoms with Crippen LogP contribution in [0.25, 0.3) is 0 Å². The second-order valence-corrected chi connectivity index (χ2v) is 5.46. The summed E-state index contributed by atoms with van der Waals surface area (Å²) in [6.07, 6.45) is -2.65. The van der Waals surface area contributed by atoms with Gasteiger partial charge in [0, 0.05) is 29.1 Å². The first kappa shape index (κ1) is 15.9. The number of hydrogen-bond donors (Lipinski definition) is 1. The first-order chi connectivity index (χ1) is 9.93. The SMILES string of the molecule is CCNC(Cc1cncs1)c1cccc(C(F)(F)F)c1F. The summed E-state index contributed by atoms with van der Waals surface area (Å²) in [7, 11) is 0. The number of benzene rings is 1. The molecule has 1 N–H and O–H groups in total. The number of aromatic nitrogens is 1. The van der Waals surface area contributed by atoms with E-state index in [4.69, 9.17) is 0 Å². The zero-order chi connectivity index (χ0) is 15.5. The Balaban J connectivity index is 2.36. The van der Waals surface area contributed by atoms with Gasteiger partial charge in [0.2, 0.25) is 0 Å². The lowest BCUT2D eigenvalue weighted by Crippen LogP contribution is -2.24. The summed E-state index contributed by atoms with van der Waals surface area (Å²) in [5.41, 5.74) is 0.438. The molecule has 1 aromatic heterocycles. The molecular formula is C14H14F4N2S. The third-order valence-corrected chi connectivity index (χ3v) is 3.85. The van der Waals surface area contributed by atoms with Crippen LogP contribution in [0.1, 0.15) is 29.0 Å². The molecule has 0 radical (unpaired) electrons. The summed E-state index contributed by atoms with van der Waals surface area (Å²) in [4.78, 5) is 4.81. The molecule has 1 heterocycles. The van der Waals surface area contributed by atoms with Gasteiger partial charge in [-0.15, -0.1) is 11.3 Å². The van der Waals surface area contributed by atoms with Gasteiger partial charge in [-0.05, 0) is 12.6 Å². The molecule has 0 saturated heterocycles. The number of likely N-dealkylation sites (N-methyl/N-ethyl adjacent to an activating group) is 1. The van der Waals surface area contributed by atoms with Gasteiger partial charge in [-0.3, -0.25) is 4.98 Å². The second-order valence-electron chi connectivity index (χ2n) is 4.49. The molecule has 1 atom stereocenters. The Kier molecular flexibility index (Phi) is 4.95. The van der Waals surface area contributed by atoms with Crippen LogP contribution in [0.15, 0.2) is 29.9 Å². The van der Waals surface area contributed by atoms with Gasteiger partial charge < -0.3 is 5.32 Å². The van der Waals surface area contributed by atoms with Crippen LogP contribution >= 0.6 is 11.3 Å². The summed E-state index contributed by atoms with van der Waals surface area (Å²) in [6.45, 7) is 2.35. The molecule has 1 unspecified atom stereocenters. The standard InChI is InChI=1S/C14H14F4N2S/c1-2-20-12(6-9-7-19-8-21-9)10-4-3-5-11(13(10)15)14(16,17)18/h3-5,7-8,12,20H,2,6H2,1H3. The minimum absolute atomic E-state index is 0.0278. The average Bonchev–Trinajstić information content (AvgIpc) is 2.90. The van der Waals surface area contributed by atoms with Gasteiger partial charge in [0.15, 0.2) is 0 Å². The molecule has 2 nitrogen and oxygen atoms in total. The summed E-state index contributed by atoms with van der Waals surface area (Å²) < 4.78 is 52.6. The lowest BCUT2D eigenvalue weighted by molar-refractivity contribution is -0.140. The van der Waals surface area contributed by atoms with Crippen LogP contribution in [0.5, 0.6) is 0 Å². The molecule has 0 amide bonds. The normalized spacial score (nSPS) is 13.4. The largest absolute Gasteiger partial charge is 0.419 e. The smallest absolute Gasteiger partial charge is 0.310 e. The van der Waals surface area contributed by atoms with Gasteiger partial charge in [-0.2, -0.15) is 13.2 Å². The van der Waals surface area contributed by atoms with Crippen molar-refractivity contribution in [1.29, 1.82) is 0 Å². The average molecular weight is 318 g/mol. The van der Waals surface area contributed by atoms with Crippen LogP contribution in [0.2, 0.25) is 0 Å². The van der Waals surface area contributed by atoms with Crippen molar-refractivity contribution in [2.75, 3.05) is 6.54 Å². The number of rotatable bonds is 5. The van der Waals surface area contributed by atoms with Crippen LogP contribution in [0.3, 0.4) is 0 Å². The third-order valence-electron chi connectivity index (χ3n) is 3.05. The number of halogens is 4. The number of alkyl halides is 3. The van der Waals surface area contributed by atoms with Crippen LogP contribution < -0.4 is 5.32 Å². The van der Waals surface area contributed by atoms with Gasteiger partial charge in [0.25, 0.3) is 0 Å². The molecule has 114 valence electrons. The molecule has 0 spiro atoms. The zero-order valence-electron chi connectivity index (χ0n) is 11.2. The van der Waals surface area contributed by atoms with E-state index in [-0.39, 0.29) is 5.56 Å². The summed E-state index contributed by atoms with van der Waals surface area (Å²) in [5, 5.41) is 3.03. The Morgan fingerprint density at radius 2 is 2.10 bits per heavy atom. The number of nitrogens with one attached hydrogen (secondary N) is 1. The fourth-order valence-electron chi connectivity index (χ4n) is 2.12. The minimum Gasteiger partial charge on any atom is -0.310 e. The molecule has 0 aliphatic carbocycles. The third kappa shape index (κ3) is 3.79. The van der Waals surface area contributed by atoms with Crippen LogP contribution in [-0.2, 0) is 12.6 Å². The maximum Gasteiger partial charge on any atom is 0.419 e. The van der Waals surface area contributed by atoms with Gasteiger partial charge in [0.05, 0.1) is 11.1 Å². The maximum absolute atomic E-state index is 14.2. The lowest BCUT2D eigenvalue weighted by Gasteiger charge is -2.20. The van der Waals surface area contributed by atoms with E-state index in [0.29, 0.717) is 13.0 Å². The monoisotopic (exact) mass is 318 g/mol. The molecule has 21 heavy (non-hydrogen) atoms. The molecule has 2 aromatic rings. The van der Waals surface area contributed by atoms with Gasteiger partial charge in [-0.25, -0.2) is 4.39 Å². The molecule has 0 aliphatic heterocycles. The van der Waals surface area contributed by atoms with E-state index in [0.717, 1.165) is 10.9 Å². The highest BCUT2D eigenvalue weighted by atomic mass is 32.1. The highest BCUT2D eigenvalue weighted by Gasteiger charge is 2.35. The number of thiazole rings is 1. The molecular weight excluding hydrogens is 304 g/mol. The van der Waals surface area contributed by atoms with Crippen molar-refractivity contribution in [3.05, 3.63) is 51.7 Å². The van der Waals surface area contributed by atoms with Crippen molar-refractivity contribution in [3.8, 4) is 0 Å². The maximum atomic E-state index is 14.2. The number of nitrogens with zero attached hydrogens (tertiary/aromatic N) is 1. The van der Waals surface area contributed by atoms with E-state index in [1.807, 2.05) is 6.92 Å². The van der Waals surface area contributed by atoms with Gasteiger partial charge in [0.1, 0.15) is 5.82 Å². The van der Waals surface area contributed by atoms with Crippen molar-refractivity contribution in [1.82, 2.24) is 10.3 Å². The van der Waals surface area contributed by atoms with Crippen LogP contribution in [0, 0.1) is 5.82 Å². The van der Waals surface area contributed by atoms with Crippen molar-refractivity contribution in [3.63, 3.8) is 0 Å². The first-order valence-corrected chi connectivity index (χ1v) is 7.27. The molecule has 0 aliphatic rings. The Morgan fingerprint density at radius 1 is 1.33 bits per heavy atom. The Labute approximate surface area is 123 Å². The molecule has 1 aromatic carbocycles. The van der Waals surface area contributed by atoms with Crippen molar-refractivity contribution >= 4 is 11.3 Å². The minimum atomic E-state index is -4.69. The topological polar surface area (TPSA) is 24.9 Å². The quantitative estimate of drug-likeness (QED) is 0.836. The van der Waals surface area contributed by atoms with E-state index < -0.39 is 23.6 Å². The summed E-state index contributed by atoms with van der Waals surface area (Å²) in [5.74, 6) is -1.21. The Hall–Kier alpha value is -1.47. The first-order valence-electron chi connectivity index (χ1n) is 6.39. The fourth-order valence-corrected chi connectivity index (χ4v) is 2.76. The predicted molar refractivity (Wildman–Crippen MR) is 73.6 cm³/mol. The fraction of sp³-hybridized carbons (Fsp3) is 0.357. The van der Waals surface area contributed by atoms with E-state index in [9.17, 15) is 17.6 Å². The van der Waals surface area contributed by atoms with Crippen molar-refractivity contribution < 1.29 is 17.6 Å². The number of hydrogen-bond acceptors (Lipinski definition) is 3. The van der Waals surface area contributed by atoms with E-state index in [1.54, 1.807) is 11.7 Å². The lowest BCUT2D eigenvalue weighted by atomic mass is 9.99. The van der Waals surface area contributed by atoms with E-state index in [2.05, 4.69) is 10.3 Å².